The molecular formula is C26H44O3. The molecule has 0 radical (unpaired) electrons. The molecule has 0 aliphatic heterocycles. The van der Waals surface area contributed by atoms with Crippen LogP contribution in [-0.2, 0) is 22.4 Å². The van der Waals surface area contributed by atoms with Crippen LogP contribution in [0.5, 0.6) is 5.75 Å². The van der Waals surface area contributed by atoms with Gasteiger partial charge in [0.15, 0.2) is 12.6 Å². The van der Waals surface area contributed by atoms with Crippen molar-refractivity contribution in [3.63, 3.8) is 0 Å². The predicted octanol–water partition coefficient (Wildman–Crippen LogP) is 7.36. The highest BCUT2D eigenvalue weighted by molar-refractivity contribution is 6.09. The van der Waals surface area contributed by atoms with Gasteiger partial charge in [0.1, 0.15) is 5.75 Å². The minimum atomic E-state index is 0.194. The minimum absolute atomic E-state index is 0.194. The Bertz CT molecular complexity index is 505. The van der Waals surface area contributed by atoms with E-state index in [1.165, 1.54) is 101 Å². The highest BCUT2D eigenvalue weighted by Crippen LogP contribution is 2.25. The monoisotopic (exact) mass is 404 g/mol. The first-order valence-corrected chi connectivity index (χ1v) is 11.9. The van der Waals surface area contributed by atoms with Crippen molar-refractivity contribution in [3.05, 3.63) is 29.3 Å². The standard InChI is InChI=1S/C24H42O.C2H2O2/c1-3-5-7-9-11-13-15-18-22-19-17-21-24(25)23(22)20-16-14-12-10-8-6-4-2;3-1-2-4/h17,19,21,25H,3-16,18,20H2,1-2H3;1-2H. The number of benzene rings is 1. The van der Waals surface area contributed by atoms with Gasteiger partial charge in [-0.2, -0.15) is 0 Å². The van der Waals surface area contributed by atoms with Crippen LogP contribution in [0, 0.1) is 0 Å². The molecule has 1 rings (SSSR count). The number of aldehydes is 2. The van der Waals surface area contributed by atoms with Crippen LogP contribution in [0.1, 0.15) is 115 Å². The van der Waals surface area contributed by atoms with Crippen LogP contribution in [0.25, 0.3) is 0 Å². The van der Waals surface area contributed by atoms with Gasteiger partial charge >= 0.3 is 0 Å². The van der Waals surface area contributed by atoms with Crippen LogP contribution in [0.4, 0.5) is 0 Å². The Morgan fingerprint density at radius 2 is 1.10 bits per heavy atom. The molecule has 0 fully saturated rings. The predicted molar refractivity (Wildman–Crippen MR) is 124 cm³/mol. The lowest BCUT2D eigenvalue weighted by atomic mass is 9.95. The van der Waals surface area contributed by atoms with E-state index in [1.54, 1.807) is 0 Å². The first-order valence-electron chi connectivity index (χ1n) is 11.9. The SMILES string of the molecule is CCCCCCCCCc1cccc(O)c1CCCCCCCCC.O=CC=O. The number of aryl methyl sites for hydroxylation is 1. The zero-order valence-corrected chi connectivity index (χ0v) is 19.0. The number of unbranched alkanes of at least 4 members (excludes halogenated alkanes) is 12. The van der Waals surface area contributed by atoms with E-state index in [-0.39, 0.29) is 12.6 Å². The fourth-order valence-corrected chi connectivity index (χ4v) is 3.68. The van der Waals surface area contributed by atoms with Gasteiger partial charge in [-0.1, -0.05) is 103 Å². The lowest BCUT2D eigenvalue weighted by molar-refractivity contribution is -0.122. The van der Waals surface area contributed by atoms with Gasteiger partial charge in [-0.15, -0.1) is 0 Å². The van der Waals surface area contributed by atoms with E-state index in [0.29, 0.717) is 5.75 Å². The molecule has 0 bridgehead atoms. The van der Waals surface area contributed by atoms with Crippen molar-refractivity contribution in [2.45, 2.75) is 117 Å². The van der Waals surface area contributed by atoms with E-state index >= 15 is 0 Å². The Morgan fingerprint density at radius 1 is 0.655 bits per heavy atom. The number of aromatic hydroxyl groups is 1. The van der Waals surface area contributed by atoms with Crippen molar-refractivity contribution in [2.24, 2.45) is 0 Å². The quantitative estimate of drug-likeness (QED) is 0.168. The summed E-state index contributed by atoms with van der Waals surface area (Å²) in [4.78, 5) is 17.6. The van der Waals surface area contributed by atoms with Gasteiger partial charge in [-0.25, -0.2) is 0 Å². The van der Waals surface area contributed by atoms with Crippen molar-refractivity contribution in [3.8, 4) is 5.75 Å². The number of hydrogen-bond acceptors (Lipinski definition) is 3. The largest absolute Gasteiger partial charge is 0.508 e. The molecule has 0 saturated heterocycles. The summed E-state index contributed by atoms with van der Waals surface area (Å²) in [6.45, 7) is 4.54. The second-order valence-corrected chi connectivity index (χ2v) is 7.93. The minimum Gasteiger partial charge on any atom is -0.508 e. The Kier molecular flexibility index (Phi) is 19.9. The average molecular weight is 405 g/mol. The average Bonchev–Trinajstić information content (AvgIpc) is 2.74. The van der Waals surface area contributed by atoms with Gasteiger partial charge < -0.3 is 5.11 Å². The first kappa shape index (κ1) is 27.4. The number of rotatable bonds is 17. The molecule has 0 aliphatic rings. The highest BCUT2D eigenvalue weighted by Gasteiger charge is 2.07. The Morgan fingerprint density at radius 3 is 1.59 bits per heavy atom. The maximum absolute atomic E-state index is 10.3. The molecule has 0 spiro atoms. The van der Waals surface area contributed by atoms with Crippen molar-refractivity contribution in [1.29, 1.82) is 0 Å². The molecule has 0 saturated carbocycles. The van der Waals surface area contributed by atoms with E-state index in [1.807, 2.05) is 12.1 Å². The van der Waals surface area contributed by atoms with Crippen molar-refractivity contribution < 1.29 is 14.7 Å². The lowest BCUT2D eigenvalue weighted by Gasteiger charge is -2.12. The summed E-state index contributed by atoms with van der Waals surface area (Å²) >= 11 is 0. The van der Waals surface area contributed by atoms with Crippen molar-refractivity contribution in [2.75, 3.05) is 0 Å². The molecule has 1 N–H and O–H groups in total. The van der Waals surface area contributed by atoms with Gasteiger partial charge in [-0.3, -0.25) is 9.59 Å². The summed E-state index contributed by atoms with van der Waals surface area (Å²) in [5.41, 5.74) is 2.61. The molecule has 0 unspecified atom stereocenters. The Labute approximate surface area is 179 Å². The second kappa shape index (κ2) is 21.1. The number of carbonyl (C=O) groups excluding carboxylic acids is 2. The van der Waals surface area contributed by atoms with E-state index in [4.69, 9.17) is 9.59 Å². The molecule has 0 atom stereocenters. The Balaban J connectivity index is 0.00000178. The number of phenolic OH excluding ortho intramolecular Hbond substituents is 1. The molecule has 0 aliphatic carbocycles. The number of phenols is 1. The van der Waals surface area contributed by atoms with Crippen LogP contribution >= 0.6 is 0 Å². The van der Waals surface area contributed by atoms with Gasteiger partial charge in [0.05, 0.1) is 0 Å². The van der Waals surface area contributed by atoms with Crippen LogP contribution in [-0.4, -0.2) is 17.7 Å². The zero-order chi connectivity index (χ0) is 21.6. The third-order valence-corrected chi connectivity index (χ3v) is 5.38. The molecule has 0 aromatic heterocycles. The van der Waals surface area contributed by atoms with Crippen LogP contribution in [0.15, 0.2) is 18.2 Å². The molecule has 1 aromatic carbocycles. The molecular weight excluding hydrogens is 360 g/mol. The summed E-state index contributed by atoms with van der Waals surface area (Å²) in [7, 11) is 0. The number of carbonyl (C=O) groups is 2. The molecule has 3 heteroatoms. The summed E-state index contributed by atoms with van der Waals surface area (Å²) in [5.74, 6) is 0.520. The van der Waals surface area contributed by atoms with Gasteiger partial charge in [0, 0.05) is 0 Å². The summed E-state index contributed by atoms with van der Waals surface area (Å²) in [5, 5.41) is 10.3. The van der Waals surface area contributed by atoms with Crippen LogP contribution in [0.3, 0.4) is 0 Å². The maximum atomic E-state index is 10.3. The van der Waals surface area contributed by atoms with Gasteiger partial charge in [0.2, 0.25) is 0 Å². The fourth-order valence-electron chi connectivity index (χ4n) is 3.68. The maximum Gasteiger partial charge on any atom is 0.182 e. The van der Waals surface area contributed by atoms with Crippen LogP contribution < -0.4 is 0 Å². The molecule has 1 aromatic rings. The van der Waals surface area contributed by atoms with E-state index < -0.39 is 0 Å². The van der Waals surface area contributed by atoms with E-state index in [9.17, 15) is 5.11 Å². The summed E-state index contributed by atoms with van der Waals surface area (Å²) in [6, 6.07) is 6.11. The normalized spacial score (nSPS) is 10.3. The fraction of sp³-hybridized carbons (Fsp3) is 0.692. The highest BCUT2D eigenvalue weighted by atomic mass is 16.3. The second-order valence-electron chi connectivity index (χ2n) is 7.93. The zero-order valence-electron chi connectivity index (χ0n) is 19.0. The smallest absolute Gasteiger partial charge is 0.182 e. The van der Waals surface area contributed by atoms with Crippen molar-refractivity contribution >= 4 is 12.6 Å². The van der Waals surface area contributed by atoms with Crippen molar-refractivity contribution in [1.82, 2.24) is 0 Å². The third-order valence-electron chi connectivity index (χ3n) is 5.38. The van der Waals surface area contributed by atoms with Crippen LogP contribution in [0.2, 0.25) is 0 Å². The van der Waals surface area contributed by atoms with E-state index in [2.05, 4.69) is 19.9 Å². The van der Waals surface area contributed by atoms with E-state index in [0.717, 1.165) is 12.8 Å². The van der Waals surface area contributed by atoms with Gasteiger partial charge in [0.25, 0.3) is 0 Å². The lowest BCUT2D eigenvalue weighted by Crippen LogP contribution is -1.96. The Hall–Kier alpha value is -1.64. The molecule has 3 nitrogen and oxygen atoms in total. The topological polar surface area (TPSA) is 54.4 Å². The summed E-state index contributed by atoms with van der Waals surface area (Å²) < 4.78 is 0. The van der Waals surface area contributed by atoms with Gasteiger partial charge in [-0.05, 0) is 42.9 Å². The number of hydrogen-bond donors (Lipinski definition) is 1. The molecule has 29 heavy (non-hydrogen) atoms. The molecule has 0 heterocycles. The third kappa shape index (κ3) is 15.9. The first-order chi connectivity index (χ1) is 14.2. The molecule has 166 valence electrons. The summed E-state index contributed by atoms with van der Waals surface area (Å²) in [6.07, 6.45) is 21.3. The molecule has 0 amide bonds.